The van der Waals surface area contributed by atoms with Crippen LogP contribution >= 0.6 is 15.9 Å². The molecule has 0 unspecified atom stereocenters. The van der Waals surface area contributed by atoms with Crippen LogP contribution in [0.3, 0.4) is 0 Å². The molecule has 0 bridgehead atoms. The molecule has 2 N–H and O–H groups in total. The van der Waals surface area contributed by atoms with Crippen molar-refractivity contribution in [2.45, 2.75) is 6.92 Å². The quantitative estimate of drug-likeness (QED) is 0.863. The third kappa shape index (κ3) is 4.63. The molecule has 0 saturated heterocycles. The number of rotatable bonds is 4. The van der Waals surface area contributed by atoms with Crippen molar-refractivity contribution in [3.05, 3.63) is 28.2 Å². The van der Waals surface area contributed by atoms with Gasteiger partial charge < -0.3 is 4.74 Å². The standard InChI is InChI=1S/C9H9BrF2N2O4S/c1-2-18-9(15)14-19(16,17)13-8-6(11)3-5(10)4-7(8)12/h3-4,13H,2H2,1H3,(H,14,15). The van der Waals surface area contributed by atoms with E-state index in [2.05, 4.69) is 20.7 Å². The molecule has 10 heteroatoms. The Hall–Kier alpha value is -1.42. The Labute approximate surface area is 116 Å². The summed E-state index contributed by atoms with van der Waals surface area (Å²) in [5.74, 6) is -2.28. The number of hydrogen-bond acceptors (Lipinski definition) is 4. The zero-order valence-corrected chi connectivity index (χ0v) is 11.9. The summed E-state index contributed by atoms with van der Waals surface area (Å²) in [4.78, 5) is 10.9. The first kappa shape index (κ1) is 15.6. The SMILES string of the molecule is CCOC(=O)NS(=O)(=O)Nc1c(F)cc(Br)cc1F. The van der Waals surface area contributed by atoms with Crippen LogP contribution in [-0.2, 0) is 14.9 Å². The summed E-state index contributed by atoms with van der Waals surface area (Å²) in [6.45, 7) is 1.41. The fraction of sp³-hybridized carbons (Fsp3) is 0.222. The molecule has 0 spiro atoms. The van der Waals surface area contributed by atoms with Crippen LogP contribution in [0.2, 0.25) is 0 Å². The van der Waals surface area contributed by atoms with Gasteiger partial charge in [0.05, 0.1) is 6.61 Å². The average molecular weight is 359 g/mol. The second-order valence-corrected chi connectivity index (χ2v) is 5.50. The molecule has 6 nitrogen and oxygen atoms in total. The molecule has 0 radical (unpaired) electrons. The number of anilines is 1. The van der Waals surface area contributed by atoms with Crippen molar-refractivity contribution in [3.63, 3.8) is 0 Å². The maximum absolute atomic E-state index is 13.4. The Kier molecular flexibility index (Phi) is 5.06. The summed E-state index contributed by atoms with van der Waals surface area (Å²) in [7, 11) is -4.48. The topological polar surface area (TPSA) is 84.5 Å². The molecule has 0 aliphatic heterocycles. The van der Waals surface area contributed by atoms with E-state index in [4.69, 9.17) is 0 Å². The second-order valence-electron chi connectivity index (χ2n) is 3.17. The van der Waals surface area contributed by atoms with E-state index < -0.39 is 33.6 Å². The number of nitrogens with one attached hydrogen (secondary N) is 2. The highest BCUT2D eigenvalue weighted by molar-refractivity contribution is 9.10. The number of halogens is 3. The number of benzene rings is 1. The minimum Gasteiger partial charge on any atom is -0.449 e. The summed E-state index contributed by atoms with van der Waals surface area (Å²) in [5.41, 5.74) is -0.903. The lowest BCUT2D eigenvalue weighted by Gasteiger charge is -2.10. The molecule has 1 rings (SSSR count). The molecular formula is C9H9BrF2N2O4S. The second kappa shape index (κ2) is 6.15. The van der Waals surface area contributed by atoms with Crippen LogP contribution in [0.15, 0.2) is 16.6 Å². The van der Waals surface area contributed by atoms with Gasteiger partial charge in [-0.3, -0.25) is 4.72 Å². The first-order valence-corrected chi connectivity index (χ1v) is 7.14. The number of carbonyl (C=O) groups is 1. The fourth-order valence-corrected chi connectivity index (χ4v) is 2.26. The third-order valence-corrected chi connectivity index (χ3v) is 3.10. The average Bonchev–Trinajstić information content (AvgIpc) is 2.23. The summed E-state index contributed by atoms with van der Waals surface area (Å²) in [6, 6.07) is 1.73. The normalized spacial score (nSPS) is 10.9. The number of amides is 1. The van der Waals surface area contributed by atoms with Gasteiger partial charge in [-0.25, -0.2) is 18.3 Å². The molecule has 0 aromatic heterocycles. The molecule has 1 aromatic carbocycles. The molecule has 1 aromatic rings. The molecule has 1 amide bonds. The van der Waals surface area contributed by atoms with Gasteiger partial charge in [0.2, 0.25) is 0 Å². The van der Waals surface area contributed by atoms with Gasteiger partial charge >= 0.3 is 16.3 Å². The van der Waals surface area contributed by atoms with Gasteiger partial charge in [-0.1, -0.05) is 15.9 Å². The van der Waals surface area contributed by atoms with E-state index in [0.29, 0.717) is 0 Å². The first-order valence-electron chi connectivity index (χ1n) is 4.87. The van der Waals surface area contributed by atoms with Crippen molar-refractivity contribution >= 4 is 37.9 Å². The van der Waals surface area contributed by atoms with Gasteiger partial charge in [-0.2, -0.15) is 8.42 Å². The summed E-state index contributed by atoms with van der Waals surface area (Å²) >= 11 is 2.84. The summed E-state index contributed by atoms with van der Waals surface area (Å²) in [5, 5.41) is 0. The fourth-order valence-electron chi connectivity index (χ4n) is 1.07. The van der Waals surface area contributed by atoms with E-state index in [-0.39, 0.29) is 11.1 Å². The van der Waals surface area contributed by atoms with Crippen LogP contribution in [0.25, 0.3) is 0 Å². The van der Waals surface area contributed by atoms with Crippen LogP contribution in [0.1, 0.15) is 6.92 Å². The van der Waals surface area contributed by atoms with E-state index in [0.717, 1.165) is 12.1 Å². The van der Waals surface area contributed by atoms with E-state index in [1.165, 1.54) is 11.6 Å². The Morgan fingerprint density at radius 3 is 2.37 bits per heavy atom. The third-order valence-electron chi connectivity index (χ3n) is 1.74. The van der Waals surface area contributed by atoms with E-state index >= 15 is 0 Å². The van der Waals surface area contributed by atoms with E-state index in [1.807, 2.05) is 0 Å². The van der Waals surface area contributed by atoms with Crippen molar-refractivity contribution in [1.82, 2.24) is 4.72 Å². The molecule has 0 fully saturated rings. The van der Waals surface area contributed by atoms with Gasteiger partial charge in [0.1, 0.15) is 5.69 Å². The van der Waals surface area contributed by atoms with Crippen molar-refractivity contribution in [1.29, 1.82) is 0 Å². The van der Waals surface area contributed by atoms with Crippen LogP contribution < -0.4 is 9.44 Å². The van der Waals surface area contributed by atoms with Crippen molar-refractivity contribution < 1.29 is 26.7 Å². The van der Waals surface area contributed by atoms with Gasteiger partial charge in [0.25, 0.3) is 0 Å². The van der Waals surface area contributed by atoms with Crippen LogP contribution in [0, 0.1) is 11.6 Å². The van der Waals surface area contributed by atoms with Gasteiger partial charge in [0, 0.05) is 4.47 Å². The van der Waals surface area contributed by atoms with Crippen molar-refractivity contribution in [2.75, 3.05) is 11.3 Å². The van der Waals surface area contributed by atoms with Crippen LogP contribution in [-0.4, -0.2) is 21.1 Å². The summed E-state index contributed by atoms with van der Waals surface area (Å²) < 4.78 is 57.0. The lowest BCUT2D eigenvalue weighted by Crippen LogP contribution is -2.36. The molecule has 0 heterocycles. The largest absolute Gasteiger partial charge is 0.449 e. The van der Waals surface area contributed by atoms with Crippen LogP contribution in [0.4, 0.5) is 19.3 Å². The highest BCUT2D eigenvalue weighted by Crippen LogP contribution is 2.24. The molecule has 0 saturated carbocycles. The maximum Gasteiger partial charge on any atom is 0.422 e. The predicted octanol–water partition coefficient (Wildman–Crippen LogP) is 2.13. The predicted molar refractivity (Wildman–Crippen MR) is 66.8 cm³/mol. The van der Waals surface area contributed by atoms with Gasteiger partial charge in [-0.15, -0.1) is 0 Å². The smallest absolute Gasteiger partial charge is 0.422 e. The molecule has 19 heavy (non-hydrogen) atoms. The molecule has 0 aliphatic rings. The van der Waals surface area contributed by atoms with Gasteiger partial charge in [-0.05, 0) is 19.1 Å². The minimum absolute atomic E-state index is 0.0532. The highest BCUT2D eigenvalue weighted by atomic mass is 79.9. The Balaban J connectivity index is 2.93. The molecule has 0 atom stereocenters. The monoisotopic (exact) mass is 358 g/mol. The lowest BCUT2D eigenvalue weighted by molar-refractivity contribution is 0.159. The zero-order valence-electron chi connectivity index (χ0n) is 9.54. The zero-order chi connectivity index (χ0) is 14.6. The summed E-state index contributed by atoms with van der Waals surface area (Å²) in [6.07, 6.45) is -1.26. The lowest BCUT2D eigenvalue weighted by atomic mass is 10.3. The Bertz CT molecular complexity index is 571. The van der Waals surface area contributed by atoms with E-state index in [9.17, 15) is 22.0 Å². The first-order chi connectivity index (χ1) is 8.75. The molecule has 106 valence electrons. The van der Waals surface area contributed by atoms with Gasteiger partial charge in [0.15, 0.2) is 11.6 Å². The highest BCUT2D eigenvalue weighted by Gasteiger charge is 2.20. The number of carbonyl (C=O) groups excluding carboxylic acids is 1. The van der Waals surface area contributed by atoms with Crippen molar-refractivity contribution in [2.24, 2.45) is 0 Å². The van der Waals surface area contributed by atoms with E-state index in [1.54, 1.807) is 4.72 Å². The number of hydrogen-bond donors (Lipinski definition) is 2. The maximum atomic E-state index is 13.4. The molecule has 0 aliphatic carbocycles. The Morgan fingerprint density at radius 1 is 1.37 bits per heavy atom. The number of ether oxygens (including phenoxy) is 1. The van der Waals surface area contributed by atoms with Crippen molar-refractivity contribution in [3.8, 4) is 0 Å². The minimum atomic E-state index is -4.48. The van der Waals surface area contributed by atoms with Crippen LogP contribution in [0.5, 0.6) is 0 Å². The molecular weight excluding hydrogens is 350 g/mol. The Morgan fingerprint density at radius 2 is 1.89 bits per heavy atom.